The molecule has 0 radical (unpaired) electrons. The molecule has 3 aromatic carbocycles. The van der Waals surface area contributed by atoms with Crippen LogP contribution in [0.3, 0.4) is 0 Å². The number of aliphatic hydroxyl groups is 3. The van der Waals surface area contributed by atoms with Crippen molar-refractivity contribution in [3.8, 4) is 28.7 Å². The average molecular weight is 953 g/mol. The van der Waals surface area contributed by atoms with E-state index in [0.29, 0.717) is 0 Å². The van der Waals surface area contributed by atoms with E-state index in [4.69, 9.17) is 39.9 Å². The van der Waals surface area contributed by atoms with Crippen LogP contribution in [0.1, 0.15) is 98.5 Å². The summed E-state index contributed by atoms with van der Waals surface area (Å²) in [5.41, 5.74) is 5.90. The summed E-state index contributed by atoms with van der Waals surface area (Å²) in [5.74, 6) is -8.02. The highest BCUT2D eigenvalue weighted by Crippen LogP contribution is 2.52. The highest BCUT2D eigenvalue weighted by atomic mass is 16.7. The quantitative estimate of drug-likeness (QED) is 0.0133. The smallest absolute Gasteiger partial charge is 0.337 e. The largest absolute Gasteiger partial charge is 0.507 e. The number of hydrogen-bond acceptors (Lipinski definition) is 20. The van der Waals surface area contributed by atoms with E-state index in [1.807, 2.05) is 0 Å². The number of aromatic hydroxyl groups is 3. The normalized spacial score (nSPS) is 21.8. The second-order valence-corrected chi connectivity index (χ2v) is 16.3. The standard InChI is InChI=1S/C45H52N4O19/c1-20-38(55)24(49-30(53)8-4-7-29(52)48-11-12-64-13-14-65-19-31(54)67-26-10-9-23(46)41(58)35(26)44(47)61)15-32(66-20)68-27-17-45(62,28(51)18-50)16-22-34(27)43(60)37-36(40(22)57)39(56)21-5-3-6-25(63-2)33(21)42(37)59/h3,5-6,9-10,20,24,27,32,38,50,55,57-58,60,62H,4,7-8,11-19,46H2,1-2H3,(H2,47,61)(H,48,52)(H,49,53)/t20-,24-,27+,32?,38+,45-/m0/s1. The number of carbonyl (C=O) groups excluding carboxylic acids is 7. The minimum Gasteiger partial charge on any atom is -0.507 e. The third-order valence-electron chi connectivity index (χ3n) is 11.7. The zero-order chi connectivity index (χ0) is 49.6. The van der Waals surface area contributed by atoms with Crippen LogP contribution in [0.15, 0.2) is 30.3 Å². The molecule has 2 aliphatic carbocycles. The molecule has 1 aliphatic heterocycles. The van der Waals surface area contributed by atoms with Crippen LogP contribution < -0.4 is 31.6 Å². The summed E-state index contributed by atoms with van der Waals surface area (Å²) in [4.78, 5) is 89.9. The number of methoxy groups -OCH3 is 1. The van der Waals surface area contributed by atoms with Gasteiger partial charge < -0.3 is 81.2 Å². The Morgan fingerprint density at radius 3 is 2.31 bits per heavy atom. The summed E-state index contributed by atoms with van der Waals surface area (Å²) < 4.78 is 33.0. The zero-order valence-corrected chi connectivity index (χ0v) is 36.9. The van der Waals surface area contributed by atoms with Crippen LogP contribution in [0.5, 0.6) is 28.7 Å². The Labute approximate surface area is 387 Å². The van der Waals surface area contributed by atoms with Gasteiger partial charge in [-0.1, -0.05) is 12.1 Å². The van der Waals surface area contributed by atoms with Crippen LogP contribution in [0, 0.1) is 0 Å². The fourth-order valence-electron chi connectivity index (χ4n) is 8.34. The Kier molecular flexibility index (Phi) is 16.0. The van der Waals surface area contributed by atoms with Gasteiger partial charge in [-0.3, -0.25) is 28.8 Å². The van der Waals surface area contributed by atoms with Crippen LogP contribution in [-0.4, -0.2) is 149 Å². The predicted octanol–water partition coefficient (Wildman–Crippen LogP) is -0.529. The van der Waals surface area contributed by atoms with Gasteiger partial charge in [0.2, 0.25) is 17.6 Å². The molecular formula is C45H52N4O19. The van der Waals surface area contributed by atoms with Crippen molar-refractivity contribution in [3.05, 3.63) is 69.3 Å². The number of anilines is 1. The van der Waals surface area contributed by atoms with Crippen LogP contribution in [0.2, 0.25) is 0 Å². The number of rotatable bonds is 20. The highest BCUT2D eigenvalue weighted by molar-refractivity contribution is 6.31. The number of nitrogens with one attached hydrogen (secondary N) is 2. The molecule has 12 N–H and O–H groups in total. The number of aliphatic hydroxyl groups excluding tert-OH is 2. The summed E-state index contributed by atoms with van der Waals surface area (Å²) in [5, 5.41) is 71.0. The van der Waals surface area contributed by atoms with Gasteiger partial charge in [-0.15, -0.1) is 0 Å². The number of phenolic OH excluding ortho intramolecular Hbond substituents is 2. The predicted molar refractivity (Wildman–Crippen MR) is 231 cm³/mol. The van der Waals surface area contributed by atoms with E-state index in [1.165, 1.54) is 44.4 Å². The minimum absolute atomic E-state index is 0.0297. The number of primary amides is 1. The van der Waals surface area contributed by atoms with Crippen molar-refractivity contribution in [2.75, 3.05) is 52.4 Å². The van der Waals surface area contributed by atoms with E-state index in [0.717, 1.165) is 0 Å². The fraction of sp³-hybridized carbons (Fsp3) is 0.444. The van der Waals surface area contributed by atoms with Gasteiger partial charge in [0.25, 0.3) is 5.91 Å². The van der Waals surface area contributed by atoms with Crippen molar-refractivity contribution >= 4 is 46.7 Å². The number of hydrogen-bond donors (Lipinski definition) is 10. The molecule has 0 bridgehead atoms. The number of ketones is 3. The zero-order valence-electron chi connectivity index (χ0n) is 36.9. The Bertz CT molecular complexity index is 2500. The molecule has 1 unspecified atom stereocenters. The number of fused-ring (bicyclic) bond motifs is 3. The Morgan fingerprint density at radius 1 is 0.897 bits per heavy atom. The number of phenols is 3. The molecule has 6 atom stereocenters. The lowest BCUT2D eigenvalue weighted by Gasteiger charge is -2.43. The molecule has 3 aromatic rings. The first kappa shape index (κ1) is 50.7. The van der Waals surface area contributed by atoms with E-state index >= 15 is 0 Å². The van der Waals surface area contributed by atoms with Crippen molar-refractivity contribution in [2.45, 2.75) is 81.7 Å². The van der Waals surface area contributed by atoms with E-state index in [-0.39, 0.29) is 97.4 Å². The van der Waals surface area contributed by atoms with Gasteiger partial charge in [0.05, 0.1) is 67.6 Å². The number of benzene rings is 3. The summed E-state index contributed by atoms with van der Waals surface area (Å²) >= 11 is 0. The molecule has 3 amide bonds. The van der Waals surface area contributed by atoms with E-state index < -0.39 is 131 Å². The van der Waals surface area contributed by atoms with Crippen LogP contribution in [0.25, 0.3) is 0 Å². The monoisotopic (exact) mass is 952 g/mol. The van der Waals surface area contributed by atoms with Gasteiger partial charge in [0.1, 0.15) is 53.5 Å². The SMILES string of the molecule is COc1cccc2c1C(=O)c1c(O)c3c(c(O)c1C2=O)C[C@@](O)(C(=O)CO)C[C@H]3OC1C[C@H](NC(=O)CCCC(=O)NCCOCCOCC(=O)Oc2ccc(N)c(O)c2C(N)=O)[C@H](O)[C@H](C)O1. The molecule has 23 heteroatoms. The summed E-state index contributed by atoms with van der Waals surface area (Å²) in [6, 6.07) is 5.69. The molecule has 0 saturated carbocycles. The maximum atomic E-state index is 14.0. The van der Waals surface area contributed by atoms with Gasteiger partial charge in [0.15, 0.2) is 23.6 Å². The Balaban J connectivity index is 0.986. The van der Waals surface area contributed by atoms with Gasteiger partial charge in [0, 0.05) is 55.3 Å². The number of amides is 3. The third-order valence-corrected chi connectivity index (χ3v) is 11.7. The van der Waals surface area contributed by atoms with Gasteiger partial charge in [-0.2, -0.15) is 0 Å². The van der Waals surface area contributed by atoms with Crippen molar-refractivity contribution in [1.82, 2.24) is 10.6 Å². The minimum atomic E-state index is -2.39. The van der Waals surface area contributed by atoms with Crippen molar-refractivity contribution < 1.29 is 92.6 Å². The number of esters is 1. The molecule has 0 aromatic heterocycles. The van der Waals surface area contributed by atoms with Gasteiger partial charge in [-0.05, 0) is 31.5 Å². The van der Waals surface area contributed by atoms with Crippen LogP contribution in [-0.2, 0) is 44.5 Å². The number of carbonyl (C=O) groups is 7. The molecule has 0 spiro atoms. The number of ether oxygens (including phenoxy) is 6. The molecule has 1 heterocycles. The number of nitrogen functional groups attached to an aromatic ring is 1. The molecular weight excluding hydrogens is 901 g/mol. The first-order chi connectivity index (χ1) is 32.3. The molecule has 6 rings (SSSR count). The average Bonchev–Trinajstić information content (AvgIpc) is 3.29. The van der Waals surface area contributed by atoms with Crippen molar-refractivity contribution in [1.29, 1.82) is 0 Å². The summed E-state index contributed by atoms with van der Waals surface area (Å²) in [6.07, 6.45) is -6.58. The second-order valence-electron chi connectivity index (χ2n) is 16.3. The Morgan fingerprint density at radius 2 is 1.60 bits per heavy atom. The number of nitrogens with two attached hydrogens (primary N) is 2. The summed E-state index contributed by atoms with van der Waals surface area (Å²) in [7, 11) is 1.29. The third kappa shape index (κ3) is 10.7. The van der Waals surface area contributed by atoms with Gasteiger partial charge >= 0.3 is 5.97 Å². The van der Waals surface area contributed by atoms with Crippen LogP contribution >= 0.6 is 0 Å². The molecule has 366 valence electrons. The molecule has 23 nitrogen and oxygen atoms in total. The van der Waals surface area contributed by atoms with Crippen LogP contribution in [0.4, 0.5) is 5.69 Å². The maximum absolute atomic E-state index is 14.0. The first-order valence-electron chi connectivity index (χ1n) is 21.4. The second kappa shape index (κ2) is 21.5. The van der Waals surface area contributed by atoms with Crippen molar-refractivity contribution in [3.63, 3.8) is 0 Å². The highest BCUT2D eigenvalue weighted by Gasteiger charge is 2.50. The molecule has 1 fully saturated rings. The molecule has 3 aliphatic rings. The lowest BCUT2D eigenvalue weighted by Crippen LogP contribution is -2.55. The Hall–Kier alpha value is -6.73. The van der Waals surface area contributed by atoms with E-state index in [2.05, 4.69) is 10.6 Å². The van der Waals surface area contributed by atoms with Crippen molar-refractivity contribution in [2.24, 2.45) is 5.73 Å². The lowest BCUT2D eigenvalue weighted by atomic mass is 9.72. The first-order valence-corrected chi connectivity index (χ1v) is 21.4. The number of Topliss-reactive ketones (excluding diaryl/α,β-unsaturated/α-hetero) is 1. The van der Waals surface area contributed by atoms with Gasteiger partial charge in [-0.25, -0.2) is 4.79 Å². The fourth-order valence-corrected chi connectivity index (χ4v) is 8.34. The van der Waals surface area contributed by atoms with E-state index in [9.17, 15) is 64.2 Å². The molecule has 1 saturated heterocycles. The topological polar surface area (TPSA) is 372 Å². The lowest BCUT2D eigenvalue weighted by molar-refractivity contribution is -0.249. The van der Waals surface area contributed by atoms with E-state index in [1.54, 1.807) is 0 Å². The maximum Gasteiger partial charge on any atom is 0.337 e. The summed E-state index contributed by atoms with van der Waals surface area (Å²) in [6.45, 7) is 0.0806. The molecule has 68 heavy (non-hydrogen) atoms.